The third-order valence-electron chi connectivity index (χ3n) is 4.88. The van der Waals surface area contributed by atoms with Gasteiger partial charge in [0.1, 0.15) is 5.82 Å². The minimum absolute atomic E-state index is 0. The average Bonchev–Trinajstić information content (AvgIpc) is 3.45. The number of hydrogen-bond acceptors (Lipinski definition) is 5. The Balaban J connectivity index is 0.00000169. The molecule has 0 spiro atoms. The number of nitrogens with zero attached hydrogens (tertiary/aromatic N) is 3. The van der Waals surface area contributed by atoms with Crippen molar-refractivity contribution >= 4 is 29.1 Å². The van der Waals surface area contributed by atoms with Crippen LogP contribution >= 0.6 is 12.4 Å². The maximum atomic E-state index is 5.39. The number of rotatable bonds is 4. The van der Waals surface area contributed by atoms with Gasteiger partial charge in [-0.1, -0.05) is 0 Å². The molecule has 0 radical (unpaired) electrons. The Kier molecular flexibility index (Phi) is 5.01. The van der Waals surface area contributed by atoms with Gasteiger partial charge in [-0.05, 0) is 31.0 Å². The number of aromatic nitrogens is 1. The molecule has 2 aromatic rings. The van der Waals surface area contributed by atoms with E-state index in [1.807, 2.05) is 12.1 Å². The van der Waals surface area contributed by atoms with E-state index < -0.39 is 0 Å². The Morgan fingerprint density at radius 2 is 1.62 bits per heavy atom. The van der Waals surface area contributed by atoms with Gasteiger partial charge in [0, 0.05) is 43.7 Å². The topological polar surface area (TPSA) is 37.8 Å². The van der Waals surface area contributed by atoms with E-state index >= 15 is 0 Å². The molecule has 4 rings (SSSR count). The highest BCUT2D eigenvalue weighted by molar-refractivity contribution is 5.85. The summed E-state index contributed by atoms with van der Waals surface area (Å²) in [5, 5.41) is 1.07. The third kappa shape index (κ3) is 3.23. The molecular formula is C18H24ClN3O2. The molecular weight excluding hydrogens is 326 g/mol. The number of anilines is 1. The Labute approximate surface area is 149 Å². The van der Waals surface area contributed by atoms with Gasteiger partial charge in [0.15, 0.2) is 11.5 Å². The van der Waals surface area contributed by atoms with Crippen LogP contribution in [0.25, 0.3) is 10.9 Å². The molecule has 6 heteroatoms. The number of pyridine rings is 1. The first-order valence-electron chi connectivity index (χ1n) is 8.30. The molecule has 1 aromatic carbocycles. The van der Waals surface area contributed by atoms with Crippen LogP contribution in [-0.4, -0.2) is 56.3 Å². The molecule has 2 aliphatic rings. The minimum Gasteiger partial charge on any atom is -0.493 e. The van der Waals surface area contributed by atoms with Crippen molar-refractivity contribution in [3.05, 3.63) is 24.3 Å². The lowest BCUT2D eigenvalue weighted by molar-refractivity contribution is 0.247. The molecule has 1 aliphatic heterocycles. The van der Waals surface area contributed by atoms with Crippen molar-refractivity contribution in [2.24, 2.45) is 0 Å². The standard InChI is InChI=1S/C18H23N3O2.ClH/c1-22-16-11-13-3-6-18(19-15(13)12-17(16)23-2)21-9-7-20(8-10-21)14-4-5-14;/h3,6,11-12,14H,4-5,7-10H2,1-2H3;1H. The second kappa shape index (κ2) is 7.03. The normalized spacial score (nSPS) is 18.3. The second-order valence-corrected chi connectivity index (χ2v) is 6.32. The highest BCUT2D eigenvalue weighted by Gasteiger charge is 2.31. The van der Waals surface area contributed by atoms with Crippen LogP contribution in [0, 0.1) is 0 Å². The molecule has 1 aliphatic carbocycles. The highest BCUT2D eigenvalue weighted by atomic mass is 35.5. The first-order chi connectivity index (χ1) is 11.3. The predicted molar refractivity (Wildman–Crippen MR) is 98.9 cm³/mol. The van der Waals surface area contributed by atoms with Gasteiger partial charge >= 0.3 is 0 Å². The third-order valence-corrected chi connectivity index (χ3v) is 4.88. The Morgan fingerprint density at radius 1 is 0.958 bits per heavy atom. The minimum atomic E-state index is 0. The van der Waals surface area contributed by atoms with Crippen molar-refractivity contribution in [3.8, 4) is 11.5 Å². The monoisotopic (exact) mass is 349 g/mol. The smallest absolute Gasteiger partial charge is 0.162 e. The van der Waals surface area contributed by atoms with E-state index in [9.17, 15) is 0 Å². The van der Waals surface area contributed by atoms with Gasteiger partial charge in [0.2, 0.25) is 0 Å². The molecule has 1 saturated carbocycles. The zero-order valence-electron chi connectivity index (χ0n) is 14.2. The lowest BCUT2D eigenvalue weighted by Gasteiger charge is -2.35. The molecule has 0 amide bonds. The fourth-order valence-electron chi connectivity index (χ4n) is 3.37. The number of fused-ring (bicyclic) bond motifs is 1. The van der Waals surface area contributed by atoms with Crippen molar-refractivity contribution in [3.63, 3.8) is 0 Å². The zero-order chi connectivity index (χ0) is 15.8. The molecule has 5 nitrogen and oxygen atoms in total. The summed E-state index contributed by atoms with van der Waals surface area (Å²) in [6, 6.07) is 9.03. The predicted octanol–water partition coefficient (Wildman–Crippen LogP) is 2.96. The Bertz CT molecular complexity index is 713. The van der Waals surface area contributed by atoms with Gasteiger partial charge in [-0.3, -0.25) is 4.90 Å². The summed E-state index contributed by atoms with van der Waals surface area (Å²) < 4.78 is 10.8. The summed E-state index contributed by atoms with van der Waals surface area (Å²) in [6.07, 6.45) is 2.77. The summed E-state index contributed by atoms with van der Waals surface area (Å²) in [5.74, 6) is 2.52. The molecule has 0 atom stereocenters. The van der Waals surface area contributed by atoms with Crippen molar-refractivity contribution in [1.82, 2.24) is 9.88 Å². The van der Waals surface area contributed by atoms with E-state index in [0.717, 1.165) is 60.4 Å². The van der Waals surface area contributed by atoms with Crippen LogP contribution in [0.4, 0.5) is 5.82 Å². The molecule has 0 N–H and O–H groups in total. The molecule has 24 heavy (non-hydrogen) atoms. The Hall–Kier alpha value is -1.72. The second-order valence-electron chi connectivity index (χ2n) is 6.32. The van der Waals surface area contributed by atoms with E-state index in [4.69, 9.17) is 14.5 Å². The number of benzene rings is 1. The van der Waals surface area contributed by atoms with Crippen molar-refractivity contribution < 1.29 is 9.47 Å². The lowest BCUT2D eigenvalue weighted by atomic mass is 10.2. The van der Waals surface area contributed by atoms with Gasteiger partial charge in [-0.2, -0.15) is 0 Å². The quantitative estimate of drug-likeness (QED) is 0.848. The average molecular weight is 350 g/mol. The van der Waals surface area contributed by atoms with Crippen LogP contribution in [0.3, 0.4) is 0 Å². The maximum absolute atomic E-state index is 5.39. The number of piperazine rings is 1. The van der Waals surface area contributed by atoms with Crippen molar-refractivity contribution in [2.45, 2.75) is 18.9 Å². The summed E-state index contributed by atoms with van der Waals surface area (Å²) in [5.41, 5.74) is 0.949. The summed E-state index contributed by atoms with van der Waals surface area (Å²) in [6.45, 7) is 4.41. The van der Waals surface area contributed by atoms with Gasteiger partial charge < -0.3 is 14.4 Å². The van der Waals surface area contributed by atoms with E-state index in [2.05, 4.69) is 21.9 Å². The lowest BCUT2D eigenvalue weighted by Crippen LogP contribution is -2.47. The molecule has 1 saturated heterocycles. The molecule has 2 fully saturated rings. The summed E-state index contributed by atoms with van der Waals surface area (Å²) in [7, 11) is 3.31. The Morgan fingerprint density at radius 3 is 2.25 bits per heavy atom. The SMILES string of the molecule is COc1cc2ccc(N3CCN(C4CC4)CC3)nc2cc1OC.Cl. The van der Waals surface area contributed by atoms with E-state index in [1.165, 1.54) is 12.8 Å². The van der Waals surface area contributed by atoms with Crippen molar-refractivity contribution in [1.29, 1.82) is 0 Å². The summed E-state index contributed by atoms with van der Waals surface area (Å²) >= 11 is 0. The van der Waals surface area contributed by atoms with Crippen LogP contribution in [0.1, 0.15) is 12.8 Å². The van der Waals surface area contributed by atoms with Crippen LogP contribution in [0.15, 0.2) is 24.3 Å². The molecule has 0 unspecified atom stereocenters. The van der Waals surface area contributed by atoms with E-state index in [1.54, 1.807) is 14.2 Å². The number of hydrogen-bond donors (Lipinski definition) is 0. The maximum Gasteiger partial charge on any atom is 0.162 e. The van der Waals surface area contributed by atoms with E-state index in [-0.39, 0.29) is 12.4 Å². The van der Waals surface area contributed by atoms with E-state index in [0.29, 0.717) is 0 Å². The molecule has 130 valence electrons. The highest BCUT2D eigenvalue weighted by Crippen LogP contribution is 2.33. The first-order valence-corrected chi connectivity index (χ1v) is 8.30. The first kappa shape index (κ1) is 17.1. The summed E-state index contributed by atoms with van der Waals surface area (Å²) in [4.78, 5) is 9.84. The molecule has 0 bridgehead atoms. The largest absolute Gasteiger partial charge is 0.493 e. The zero-order valence-corrected chi connectivity index (χ0v) is 15.0. The van der Waals surface area contributed by atoms with Gasteiger partial charge in [-0.15, -0.1) is 12.4 Å². The number of ether oxygens (including phenoxy) is 2. The fourth-order valence-corrected chi connectivity index (χ4v) is 3.37. The van der Waals surface area contributed by atoms with Gasteiger partial charge in [0.05, 0.1) is 19.7 Å². The number of methoxy groups -OCH3 is 2. The van der Waals surface area contributed by atoms with Crippen molar-refractivity contribution in [2.75, 3.05) is 45.3 Å². The van der Waals surface area contributed by atoms with Gasteiger partial charge in [-0.25, -0.2) is 4.98 Å². The van der Waals surface area contributed by atoms with Crippen LogP contribution in [0.5, 0.6) is 11.5 Å². The molecule has 2 heterocycles. The molecule has 1 aromatic heterocycles. The fraction of sp³-hybridized carbons (Fsp3) is 0.500. The van der Waals surface area contributed by atoms with Gasteiger partial charge in [0.25, 0.3) is 0 Å². The van der Waals surface area contributed by atoms with Crippen LogP contribution in [0.2, 0.25) is 0 Å². The number of halogens is 1. The van der Waals surface area contributed by atoms with Crippen LogP contribution < -0.4 is 14.4 Å². The van der Waals surface area contributed by atoms with Crippen LogP contribution in [-0.2, 0) is 0 Å².